The van der Waals surface area contributed by atoms with E-state index < -0.39 is 12.3 Å². The van der Waals surface area contributed by atoms with Gasteiger partial charge < -0.3 is 19.1 Å². The molecule has 1 N–H and O–H groups in total. The number of carboxylic acid groups (broad SMARTS) is 1. The number of aromatic nitrogens is 3. The first-order valence-corrected chi connectivity index (χ1v) is 9.83. The van der Waals surface area contributed by atoms with Crippen molar-refractivity contribution in [1.82, 2.24) is 14.4 Å². The second-order valence-corrected chi connectivity index (χ2v) is 7.79. The van der Waals surface area contributed by atoms with Gasteiger partial charge in [-0.25, -0.2) is 9.97 Å². The van der Waals surface area contributed by atoms with Crippen LogP contribution >= 0.6 is 11.6 Å². The Kier molecular flexibility index (Phi) is 5.42. The minimum atomic E-state index is -4.83. The minimum absolute atomic E-state index is 0.0237. The monoisotopic (exact) mass is 454 g/mol. The molecule has 11 heteroatoms. The number of ether oxygens (including phenoxy) is 1. The van der Waals surface area contributed by atoms with Crippen LogP contribution in [0, 0.1) is 0 Å². The summed E-state index contributed by atoms with van der Waals surface area (Å²) in [5, 5.41) is 9.78. The summed E-state index contributed by atoms with van der Waals surface area (Å²) in [4.78, 5) is 21.8. The summed E-state index contributed by atoms with van der Waals surface area (Å²) in [5.41, 5.74) is 2.63. The average Bonchev–Trinajstić information content (AvgIpc) is 2.99. The van der Waals surface area contributed by atoms with E-state index in [0.29, 0.717) is 41.3 Å². The number of alkyl halides is 3. The molecule has 0 radical (unpaired) electrons. The minimum Gasteiger partial charge on any atom is -0.481 e. The van der Waals surface area contributed by atoms with E-state index in [4.69, 9.17) is 11.6 Å². The summed E-state index contributed by atoms with van der Waals surface area (Å²) in [7, 11) is 1.86. The maximum absolute atomic E-state index is 12.7. The maximum atomic E-state index is 12.7. The Bertz CT molecular complexity index is 1130. The van der Waals surface area contributed by atoms with Gasteiger partial charge in [0.2, 0.25) is 5.95 Å². The van der Waals surface area contributed by atoms with Crippen molar-refractivity contribution in [2.75, 3.05) is 11.9 Å². The summed E-state index contributed by atoms with van der Waals surface area (Å²) < 4.78 is 43.8. The van der Waals surface area contributed by atoms with Crippen molar-refractivity contribution in [1.29, 1.82) is 0 Å². The molecule has 3 aromatic rings. The Morgan fingerprint density at radius 1 is 1.39 bits per heavy atom. The molecule has 164 valence electrons. The third-order valence-corrected chi connectivity index (χ3v) is 5.62. The van der Waals surface area contributed by atoms with Gasteiger partial charge in [0.05, 0.1) is 29.4 Å². The van der Waals surface area contributed by atoms with Crippen LogP contribution in [0.3, 0.4) is 0 Å². The van der Waals surface area contributed by atoms with Gasteiger partial charge in [0.1, 0.15) is 5.75 Å². The first-order chi connectivity index (χ1) is 14.6. The lowest BCUT2D eigenvalue weighted by molar-refractivity contribution is -0.274. The van der Waals surface area contributed by atoms with E-state index in [1.807, 2.05) is 11.9 Å². The molecule has 0 aromatic carbocycles. The molecule has 3 heterocycles. The largest absolute Gasteiger partial charge is 0.573 e. The molecule has 7 nitrogen and oxygen atoms in total. The highest BCUT2D eigenvalue weighted by Crippen LogP contribution is 2.35. The molecule has 31 heavy (non-hydrogen) atoms. The van der Waals surface area contributed by atoms with Gasteiger partial charge in [-0.3, -0.25) is 4.79 Å². The van der Waals surface area contributed by atoms with Crippen LogP contribution in [0.5, 0.6) is 5.75 Å². The van der Waals surface area contributed by atoms with Crippen LogP contribution in [0.15, 0.2) is 30.7 Å². The number of pyridine rings is 1. The molecule has 0 amide bonds. The first kappa shape index (κ1) is 21.2. The van der Waals surface area contributed by atoms with Crippen molar-refractivity contribution < 1.29 is 27.8 Å². The molecule has 1 aliphatic rings. The van der Waals surface area contributed by atoms with Gasteiger partial charge in [-0.05, 0) is 30.0 Å². The third-order valence-electron chi connectivity index (χ3n) is 5.43. The van der Waals surface area contributed by atoms with Crippen molar-refractivity contribution in [2.45, 2.75) is 38.1 Å². The zero-order chi connectivity index (χ0) is 22.3. The molecular formula is C20H18ClF3N4O3. The second kappa shape index (κ2) is 7.92. The Hall–Kier alpha value is -3.01. The first-order valence-electron chi connectivity index (χ1n) is 9.45. The second-order valence-electron chi connectivity index (χ2n) is 7.35. The van der Waals surface area contributed by atoms with E-state index in [9.17, 15) is 23.1 Å². The normalized spacial score (nSPS) is 16.2. The van der Waals surface area contributed by atoms with Crippen LogP contribution < -0.4 is 9.64 Å². The lowest BCUT2D eigenvalue weighted by atomic mass is 9.89. The summed E-state index contributed by atoms with van der Waals surface area (Å²) in [6.45, 7) is 0. The van der Waals surface area contributed by atoms with Gasteiger partial charge in [0.25, 0.3) is 0 Å². The number of hydrogen-bond acceptors (Lipinski definition) is 5. The zero-order valence-electron chi connectivity index (χ0n) is 16.4. The summed E-state index contributed by atoms with van der Waals surface area (Å²) >= 11 is 5.86. The Morgan fingerprint density at radius 3 is 2.74 bits per heavy atom. The Balaban J connectivity index is 1.72. The smallest absolute Gasteiger partial charge is 0.481 e. The van der Waals surface area contributed by atoms with Crippen LogP contribution in [0.25, 0.3) is 5.52 Å². The molecule has 0 saturated heterocycles. The SMILES string of the molecule is CN(c1ncc(Cl)cn1)C1CCc2c(CC(=O)O)c3cc(OC(F)(F)F)ccn3c2C1. The van der Waals surface area contributed by atoms with Gasteiger partial charge in [0, 0.05) is 37.5 Å². The van der Waals surface area contributed by atoms with Gasteiger partial charge in [-0.1, -0.05) is 11.6 Å². The van der Waals surface area contributed by atoms with Crippen molar-refractivity contribution in [3.8, 4) is 5.75 Å². The highest BCUT2D eigenvalue weighted by Gasteiger charge is 2.33. The highest BCUT2D eigenvalue weighted by atomic mass is 35.5. The number of hydrogen-bond donors (Lipinski definition) is 1. The standard InChI is InChI=1S/C20H18ClF3N4O3/c1-27(19-25-9-11(21)10-26-19)12-2-3-14-15(8-18(29)30)17-7-13(31-20(22,23)24)4-5-28(17)16(14)6-12/h4-5,7,9-10,12H,2-3,6,8H2,1H3,(H,29,30). The molecule has 1 aliphatic carbocycles. The van der Waals surface area contributed by atoms with Gasteiger partial charge >= 0.3 is 12.3 Å². The topological polar surface area (TPSA) is 80.0 Å². The molecular weight excluding hydrogens is 437 g/mol. The van der Waals surface area contributed by atoms with Crippen LogP contribution in [-0.4, -0.2) is 44.9 Å². The van der Waals surface area contributed by atoms with E-state index in [-0.39, 0.29) is 18.2 Å². The Morgan fingerprint density at radius 2 is 2.10 bits per heavy atom. The zero-order valence-corrected chi connectivity index (χ0v) is 17.1. The Labute approximate surface area is 180 Å². The molecule has 1 atom stereocenters. The predicted molar refractivity (Wildman–Crippen MR) is 107 cm³/mol. The highest BCUT2D eigenvalue weighted by molar-refractivity contribution is 6.30. The molecule has 4 rings (SSSR count). The van der Waals surface area contributed by atoms with E-state index in [1.54, 1.807) is 4.40 Å². The average molecular weight is 455 g/mol. The van der Waals surface area contributed by atoms with E-state index in [0.717, 1.165) is 11.3 Å². The fraction of sp³-hybridized carbons (Fsp3) is 0.350. The molecule has 0 saturated carbocycles. The van der Waals surface area contributed by atoms with Gasteiger partial charge in [0.15, 0.2) is 0 Å². The lowest BCUT2D eigenvalue weighted by Crippen LogP contribution is -2.37. The van der Waals surface area contributed by atoms with E-state index >= 15 is 0 Å². The summed E-state index contributed by atoms with van der Waals surface area (Å²) in [6.07, 6.45) is 1.24. The van der Waals surface area contributed by atoms with Crippen LogP contribution in [0.1, 0.15) is 23.2 Å². The van der Waals surface area contributed by atoms with Crippen LogP contribution in [-0.2, 0) is 24.1 Å². The van der Waals surface area contributed by atoms with Crippen molar-refractivity contribution in [3.63, 3.8) is 0 Å². The third kappa shape index (κ3) is 4.39. The van der Waals surface area contributed by atoms with Gasteiger partial charge in [-0.15, -0.1) is 13.2 Å². The number of aliphatic carboxylic acids is 1. The molecule has 1 unspecified atom stereocenters. The number of likely N-dealkylation sites (N-methyl/N-ethyl adjacent to an activating group) is 1. The van der Waals surface area contributed by atoms with Gasteiger partial charge in [-0.2, -0.15) is 0 Å². The fourth-order valence-corrected chi connectivity index (χ4v) is 4.20. The number of fused-ring (bicyclic) bond motifs is 3. The molecule has 0 fully saturated rings. The van der Waals surface area contributed by atoms with Crippen molar-refractivity contribution in [2.24, 2.45) is 0 Å². The molecule has 0 aliphatic heterocycles. The van der Waals surface area contributed by atoms with Crippen LogP contribution in [0.2, 0.25) is 5.02 Å². The van der Waals surface area contributed by atoms with Crippen molar-refractivity contribution in [3.05, 3.63) is 52.6 Å². The maximum Gasteiger partial charge on any atom is 0.573 e. The number of nitrogens with zero attached hydrogens (tertiary/aromatic N) is 4. The molecule has 3 aromatic heterocycles. The quantitative estimate of drug-likeness (QED) is 0.630. The summed E-state index contributed by atoms with van der Waals surface area (Å²) in [5.74, 6) is -0.929. The number of anilines is 1. The van der Waals surface area contributed by atoms with Crippen LogP contribution in [0.4, 0.5) is 19.1 Å². The summed E-state index contributed by atoms with van der Waals surface area (Å²) in [6, 6.07) is 2.49. The predicted octanol–water partition coefficient (Wildman–Crippen LogP) is 3.90. The lowest BCUT2D eigenvalue weighted by Gasteiger charge is -2.31. The number of rotatable bonds is 5. The fourth-order valence-electron chi connectivity index (χ4n) is 4.10. The number of carbonyl (C=O) groups is 1. The van der Waals surface area contributed by atoms with E-state index in [1.165, 1.54) is 30.7 Å². The molecule has 0 bridgehead atoms. The number of carboxylic acids is 1. The van der Waals surface area contributed by atoms with E-state index in [2.05, 4.69) is 14.7 Å². The van der Waals surface area contributed by atoms with Crippen molar-refractivity contribution >= 4 is 29.0 Å². The molecule has 0 spiro atoms. The number of halogens is 4.